The molecule has 6 unspecified atom stereocenters. The van der Waals surface area contributed by atoms with E-state index in [9.17, 15) is 10.2 Å². The Morgan fingerprint density at radius 1 is 0.844 bits per heavy atom. The van der Waals surface area contributed by atoms with Crippen molar-refractivity contribution < 1.29 is 29.2 Å². The van der Waals surface area contributed by atoms with E-state index < -0.39 is 53.8 Å². The highest BCUT2D eigenvalue weighted by atomic mass is 16.6. The molecule has 0 bridgehead atoms. The summed E-state index contributed by atoms with van der Waals surface area (Å²) in [5, 5.41) is 28.6. The number of rotatable bonds is 2. The predicted octanol–water partition coefficient (Wildman–Crippen LogP) is 0.844. The van der Waals surface area contributed by atoms with E-state index in [-0.39, 0.29) is 13.2 Å². The van der Waals surface area contributed by atoms with E-state index in [1.165, 1.54) is 0 Å². The molecule has 5 aliphatic rings. The smallest absolute Gasteiger partial charge is 0.123 e. The summed E-state index contributed by atoms with van der Waals surface area (Å²) in [4.78, 5) is 0. The lowest BCUT2D eigenvalue weighted by Gasteiger charge is -2.53. The highest BCUT2D eigenvalue weighted by molar-refractivity contribution is 5.67. The Balaban J connectivity index is 1.45. The Morgan fingerprint density at radius 3 is 2.41 bits per heavy atom. The minimum absolute atomic E-state index is 0.220. The van der Waals surface area contributed by atoms with Gasteiger partial charge in [-0.2, -0.15) is 0 Å². The number of fused-ring (bicyclic) bond motifs is 8. The van der Waals surface area contributed by atoms with Crippen molar-refractivity contribution in [1.82, 2.24) is 0 Å². The van der Waals surface area contributed by atoms with Crippen molar-refractivity contribution in [2.24, 2.45) is 0 Å². The number of nitrogens with one attached hydrogen (secondary N) is 2. The second kappa shape index (κ2) is 6.66. The highest BCUT2D eigenvalue weighted by Gasteiger charge is 2.75. The Bertz CT molecular complexity index is 1040. The third kappa shape index (κ3) is 2.32. The Kier molecular flexibility index (Phi) is 4.02. The quantitative estimate of drug-likeness (QED) is 0.548. The third-order valence-corrected chi connectivity index (χ3v) is 7.76. The van der Waals surface area contributed by atoms with E-state index in [1.807, 2.05) is 48.5 Å². The second-order valence-electron chi connectivity index (χ2n) is 9.47. The summed E-state index contributed by atoms with van der Waals surface area (Å²) in [5.74, 6) is 0. The Labute approximate surface area is 185 Å². The summed E-state index contributed by atoms with van der Waals surface area (Å²) in [7, 11) is 0. The number of ether oxygens (including phenoxy) is 4. The van der Waals surface area contributed by atoms with Crippen molar-refractivity contribution in [3.63, 3.8) is 0 Å². The van der Waals surface area contributed by atoms with Gasteiger partial charge in [0, 0.05) is 16.9 Å². The fraction of sp³-hybridized carbons (Fsp3) is 0.500. The fourth-order valence-electron chi connectivity index (χ4n) is 6.50. The second-order valence-corrected chi connectivity index (χ2v) is 9.47. The zero-order valence-corrected chi connectivity index (χ0v) is 17.4. The highest BCUT2D eigenvalue weighted by Crippen LogP contribution is 2.58. The van der Waals surface area contributed by atoms with Crippen LogP contribution in [0.15, 0.2) is 54.6 Å². The molecule has 2 aromatic rings. The molecular weight excluding hydrogens is 412 g/mol. The molecule has 4 saturated heterocycles. The van der Waals surface area contributed by atoms with Gasteiger partial charge in [-0.15, -0.1) is 0 Å². The molecule has 9 atom stereocenters. The average Bonchev–Trinajstić information content (AvgIpc) is 3.54. The van der Waals surface area contributed by atoms with Crippen LogP contribution in [0.3, 0.4) is 0 Å². The first-order valence-electron chi connectivity index (χ1n) is 11.2. The summed E-state index contributed by atoms with van der Waals surface area (Å²) < 4.78 is 25.1. The lowest BCUT2D eigenvalue weighted by molar-refractivity contribution is -0.0834. The molecule has 5 aliphatic heterocycles. The van der Waals surface area contributed by atoms with Crippen LogP contribution in [0.25, 0.3) is 0 Å². The van der Waals surface area contributed by atoms with Gasteiger partial charge in [0.2, 0.25) is 0 Å². The summed E-state index contributed by atoms with van der Waals surface area (Å²) >= 11 is 0. The van der Waals surface area contributed by atoms with Gasteiger partial charge in [0.25, 0.3) is 0 Å². The SMILES string of the molecule is O[C@@H]1COC2C1OCC21Nc2ccccc2[C@]2(Nc3ccccc3)C3OC[C@@H](O)C3OC12. The van der Waals surface area contributed by atoms with Gasteiger partial charge in [0.1, 0.15) is 53.8 Å². The molecular formula is C24H26N2O6. The minimum atomic E-state index is -0.791. The maximum atomic E-state index is 10.7. The van der Waals surface area contributed by atoms with Crippen LogP contribution in [0.5, 0.6) is 0 Å². The lowest BCUT2D eigenvalue weighted by atomic mass is 9.67. The fourth-order valence-corrected chi connectivity index (χ4v) is 6.50. The zero-order valence-electron chi connectivity index (χ0n) is 17.4. The van der Waals surface area contributed by atoms with E-state index in [2.05, 4.69) is 16.7 Å². The number of benzene rings is 2. The molecule has 7 rings (SSSR count). The third-order valence-electron chi connectivity index (χ3n) is 7.76. The van der Waals surface area contributed by atoms with Crippen LogP contribution >= 0.6 is 0 Å². The topological polar surface area (TPSA) is 101 Å². The standard InChI is InChI=1S/C24H26N2O6/c27-16-10-29-20-18(16)31-12-23(20)22-24(25-13-6-2-1-3-7-13,14-8-4-5-9-15(14)26-23)21-19(32-22)17(28)11-30-21/h1-9,16-22,25-28H,10-12H2/t16-,17-,18?,19?,20?,21?,22?,23?,24+/m1/s1. The van der Waals surface area contributed by atoms with Gasteiger partial charge >= 0.3 is 0 Å². The molecule has 0 saturated carbocycles. The first-order valence-corrected chi connectivity index (χ1v) is 11.2. The summed E-state index contributed by atoms with van der Waals surface area (Å²) in [6.45, 7) is 0.755. The first-order chi connectivity index (χ1) is 15.6. The molecule has 4 fully saturated rings. The molecule has 8 heteroatoms. The van der Waals surface area contributed by atoms with Gasteiger partial charge < -0.3 is 39.8 Å². The molecule has 0 aromatic heterocycles. The maximum absolute atomic E-state index is 10.7. The number of para-hydroxylation sites is 2. The van der Waals surface area contributed by atoms with Crippen molar-refractivity contribution in [1.29, 1.82) is 0 Å². The van der Waals surface area contributed by atoms with Gasteiger partial charge in [-0.1, -0.05) is 36.4 Å². The number of aliphatic hydroxyl groups is 2. The number of hydrogen-bond donors (Lipinski definition) is 4. The van der Waals surface area contributed by atoms with Crippen molar-refractivity contribution in [2.75, 3.05) is 30.5 Å². The predicted molar refractivity (Wildman–Crippen MR) is 114 cm³/mol. The van der Waals surface area contributed by atoms with Crippen molar-refractivity contribution in [2.45, 2.75) is 53.8 Å². The van der Waals surface area contributed by atoms with Crippen LogP contribution in [-0.4, -0.2) is 78.3 Å². The van der Waals surface area contributed by atoms with Crippen LogP contribution in [0, 0.1) is 0 Å². The normalized spacial score (nSPS) is 45.8. The monoisotopic (exact) mass is 438 g/mol. The average molecular weight is 438 g/mol. The molecule has 0 radical (unpaired) electrons. The molecule has 8 nitrogen and oxygen atoms in total. The minimum Gasteiger partial charge on any atom is -0.388 e. The summed E-state index contributed by atoms with van der Waals surface area (Å²) in [6, 6.07) is 18.1. The van der Waals surface area contributed by atoms with E-state index in [4.69, 9.17) is 18.9 Å². The molecule has 5 heterocycles. The van der Waals surface area contributed by atoms with E-state index in [0.29, 0.717) is 6.61 Å². The summed E-state index contributed by atoms with van der Waals surface area (Å²) in [6.07, 6.45) is -3.62. The van der Waals surface area contributed by atoms with Crippen LogP contribution in [-0.2, 0) is 24.5 Å². The molecule has 168 valence electrons. The maximum Gasteiger partial charge on any atom is 0.123 e. The van der Waals surface area contributed by atoms with Crippen LogP contribution < -0.4 is 10.6 Å². The molecule has 0 amide bonds. The summed E-state index contributed by atoms with van der Waals surface area (Å²) in [5.41, 5.74) is 1.34. The van der Waals surface area contributed by atoms with E-state index in [1.54, 1.807) is 0 Å². The van der Waals surface area contributed by atoms with Crippen LogP contribution in [0.2, 0.25) is 0 Å². The number of hydrogen-bond acceptors (Lipinski definition) is 8. The van der Waals surface area contributed by atoms with Crippen LogP contribution in [0.4, 0.5) is 11.4 Å². The number of aliphatic hydroxyl groups excluding tert-OH is 2. The molecule has 1 spiro atoms. The lowest BCUT2D eigenvalue weighted by Crippen LogP contribution is -2.70. The molecule has 4 N–H and O–H groups in total. The van der Waals surface area contributed by atoms with Gasteiger partial charge in [-0.3, -0.25) is 0 Å². The van der Waals surface area contributed by atoms with E-state index >= 15 is 0 Å². The van der Waals surface area contributed by atoms with Gasteiger partial charge in [0.15, 0.2) is 0 Å². The largest absolute Gasteiger partial charge is 0.388 e. The Hall–Kier alpha value is -2.20. The van der Waals surface area contributed by atoms with Gasteiger partial charge in [0.05, 0.1) is 19.8 Å². The molecule has 32 heavy (non-hydrogen) atoms. The zero-order chi connectivity index (χ0) is 21.5. The molecule has 2 aromatic carbocycles. The Morgan fingerprint density at radius 2 is 1.56 bits per heavy atom. The van der Waals surface area contributed by atoms with E-state index in [0.717, 1.165) is 16.9 Å². The first kappa shape index (κ1) is 19.3. The van der Waals surface area contributed by atoms with Crippen molar-refractivity contribution >= 4 is 11.4 Å². The van der Waals surface area contributed by atoms with Crippen molar-refractivity contribution in [3.05, 3.63) is 60.2 Å². The number of anilines is 2. The van der Waals surface area contributed by atoms with Crippen molar-refractivity contribution in [3.8, 4) is 0 Å². The molecule has 0 aliphatic carbocycles. The van der Waals surface area contributed by atoms with Gasteiger partial charge in [-0.05, 0) is 18.2 Å². The van der Waals surface area contributed by atoms with Gasteiger partial charge in [-0.25, -0.2) is 0 Å². The van der Waals surface area contributed by atoms with Crippen LogP contribution in [0.1, 0.15) is 5.56 Å².